The molecule has 0 radical (unpaired) electrons. The lowest BCUT2D eigenvalue weighted by Crippen LogP contribution is -2.38. The average molecular weight is 243 g/mol. The van der Waals surface area contributed by atoms with E-state index in [0.717, 1.165) is 19.1 Å². The number of hydrogen-bond donors (Lipinski definition) is 0. The summed E-state index contributed by atoms with van der Waals surface area (Å²) in [6, 6.07) is 6.77. The lowest BCUT2D eigenvalue weighted by atomic mass is 10.1. The van der Waals surface area contributed by atoms with Gasteiger partial charge < -0.3 is 4.79 Å². The molecular formula is C14H13NO3. The Balaban J connectivity index is 1.91. The Morgan fingerprint density at radius 3 is 2.17 bits per heavy atom. The van der Waals surface area contributed by atoms with E-state index in [-0.39, 0.29) is 23.8 Å². The lowest BCUT2D eigenvalue weighted by molar-refractivity contribution is -0.111. The minimum absolute atomic E-state index is 0.0145. The molecule has 2 amide bonds. The first-order valence-corrected chi connectivity index (χ1v) is 6.14. The van der Waals surface area contributed by atoms with E-state index >= 15 is 0 Å². The van der Waals surface area contributed by atoms with Gasteiger partial charge in [-0.2, -0.15) is 0 Å². The van der Waals surface area contributed by atoms with E-state index in [2.05, 4.69) is 0 Å². The second-order valence-corrected chi connectivity index (χ2v) is 4.89. The van der Waals surface area contributed by atoms with Crippen LogP contribution in [0, 0.1) is 5.92 Å². The molecule has 0 N–H and O–H groups in total. The van der Waals surface area contributed by atoms with Crippen LogP contribution in [0.5, 0.6) is 0 Å². The van der Waals surface area contributed by atoms with Crippen LogP contribution >= 0.6 is 0 Å². The molecule has 0 bridgehead atoms. The molecule has 4 nitrogen and oxygen atoms in total. The SMILES string of the molecule is O=CC1CCC(N2C(=O)c3ccccc3C2=O)C1. The molecule has 0 spiro atoms. The Labute approximate surface area is 105 Å². The number of rotatable bonds is 2. The number of aldehydes is 1. The molecule has 1 heterocycles. The maximum absolute atomic E-state index is 12.2. The van der Waals surface area contributed by atoms with Gasteiger partial charge >= 0.3 is 0 Å². The highest BCUT2D eigenvalue weighted by molar-refractivity contribution is 6.21. The van der Waals surface area contributed by atoms with Gasteiger partial charge in [0.25, 0.3) is 11.8 Å². The van der Waals surface area contributed by atoms with Crippen molar-refractivity contribution >= 4 is 18.1 Å². The molecule has 1 aliphatic carbocycles. The third kappa shape index (κ3) is 1.49. The molecule has 92 valence electrons. The molecule has 1 aliphatic heterocycles. The predicted molar refractivity (Wildman–Crippen MR) is 64.1 cm³/mol. The molecule has 1 aromatic rings. The topological polar surface area (TPSA) is 54.5 Å². The number of imide groups is 1. The molecule has 18 heavy (non-hydrogen) atoms. The monoisotopic (exact) mass is 243 g/mol. The van der Waals surface area contributed by atoms with Gasteiger partial charge in [-0.1, -0.05) is 12.1 Å². The highest BCUT2D eigenvalue weighted by Crippen LogP contribution is 2.33. The van der Waals surface area contributed by atoms with Crippen molar-refractivity contribution in [3.05, 3.63) is 35.4 Å². The molecular weight excluding hydrogens is 230 g/mol. The molecule has 1 saturated carbocycles. The van der Waals surface area contributed by atoms with Gasteiger partial charge in [0.05, 0.1) is 11.1 Å². The highest BCUT2D eigenvalue weighted by atomic mass is 16.2. The van der Waals surface area contributed by atoms with Crippen LogP contribution in [0.2, 0.25) is 0 Å². The van der Waals surface area contributed by atoms with Crippen molar-refractivity contribution in [2.24, 2.45) is 5.92 Å². The number of carbonyl (C=O) groups excluding carboxylic acids is 3. The number of hydrogen-bond acceptors (Lipinski definition) is 3. The van der Waals surface area contributed by atoms with Crippen molar-refractivity contribution in [3.63, 3.8) is 0 Å². The number of nitrogens with zero attached hydrogens (tertiary/aromatic N) is 1. The van der Waals surface area contributed by atoms with Gasteiger partial charge in [-0.25, -0.2) is 0 Å². The van der Waals surface area contributed by atoms with E-state index in [0.29, 0.717) is 17.5 Å². The predicted octanol–water partition coefficient (Wildman–Crippen LogP) is 1.65. The normalized spacial score (nSPS) is 26.6. The summed E-state index contributed by atoms with van der Waals surface area (Å²) in [7, 11) is 0. The molecule has 1 aromatic carbocycles. The van der Waals surface area contributed by atoms with E-state index < -0.39 is 0 Å². The van der Waals surface area contributed by atoms with Gasteiger partial charge in [-0.3, -0.25) is 14.5 Å². The standard InChI is InChI=1S/C14H13NO3/c16-8-9-5-6-10(7-9)15-13(17)11-3-1-2-4-12(11)14(15)18/h1-4,8-10H,5-7H2. The number of carbonyl (C=O) groups is 3. The van der Waals surface area contributed by atoms with Crippen molar-refractivity contribution in [1.29, 1.82) is 0 Å². The van der Waals surface area contributed by atoms with Gasteiger partial charge in [0.1, 0.15) is 6.29 Å². The average Bonchev–Trinajstić information content (AvgIpc) is 2.95. The highest BCUT2D eigenvalue weighted by Gasteiger charge is 2.42. The third-order valence-corrected chi connectivity index (χ3v) is 3.83. The minimum atomic E-state index is -0.216. The van der Waals surface area contributed by atoms with Crippen LogP contribution in [-0.2, 0) is 4.79 Å². The maximum Gasteiger partial charge on any atom is 0.261 e. The van der Waals surface area contributed by atoms with Crippen LogP contribution in [0.15, 0.2) is 24.3 Å². The quantitative estimate of drug-likeness (QED) is 0.586. The van der Waals surface area contributed by atoms with Crippen molar-refractivity contribution in [3.8, 4) is 0 Å². The molecule has 2 unspecified atom stereocenters. The summed E-state index contributed by atoms with van der Waals surface area (Å²) in [5.41, 5.74) is 0.967. The Morgan fingerprint density at radius 1 is 1.06 bits per heavy atom. The zero-order chi connectivity index (χ0) is 12.7. The van der Waals surface area contributed by atoms with E-state index in [1.807, 2.05) is 0 Å². The summed E-state index contributed by atoms with van der Waals surface area (Å²) in [5.74, 6) is -0.446. The van der Waals surface area contributed by atoms with Gasteiger partial charge in [0.15, 0.2) is 0 Å². The molecule has 0 aromatic heterocycles. The number of fused-ring (bicyclic) bond motifs is 1. The largest absolute Gasteiger partial charge is 0.303 e. The van der Waals surface area contributed by atoms with Crippen LogP contribution in [0.1, 0.15) is 40.0 Å². The molecule has 0 saturated heterocycles. The summed E-state index contributed by atoms with van der Waals surface area (Å²) in [4.78, 5) is 36.5. The third-order valence-electron chi connectivity index (χ3n) is 3.83. The number of amides is 2. The van der Waals surface area contributed by atoms with E-state index in [1.165, 1.54) is 4.90 Å². The fourth-order valence-electron chi connectivity index (χ4n) is 2.89. The summed E-state index contributed by atoms with van der Waals surface area (Å²) >= 11 is 0. The van der Waals surface area contributed by atoms with Crippen molar-refractivity contribution in [1.82, 2.24) is 4.90 Å². The summed E-state index contributed by atoms with van der Waals surface area (Å²) < 4.78 is 0. The smallest absolute Gasteiger partial charge is 0.261 e. The first-order chi connectivity index (χ1) is 8.72. The van der Waals surface area contributed by atoms with Gasteiger partial charge in [-0.15, -0.1) is 0 Å². The fraction of sp³-hybridized carbons (Fsp3) is 0.357. The second-order valence-electron chi connectivity index (χ2n) is 4.89. The van der Waals surface area contributed by atoms with Crippen LogP contribution in [0.3, 0.4) is 0 Å². The zero-order valence-corrected chi connectivity index (χ0v) is 9.83. The molecule has 4 heteroatoms. The van der Waals surface area contributed by atoms with Crippen LogP contribution < -0.4 is 0 Å². The van der Waals surface area contributed by atoms with Gasteiger partial charge in [0, 0.05) is 12.0 Å². The maximum atomic E-state index is 12.2. The number of benzene rings is 1. The van der Waals surface area contributed by atoms with Gasteiger partial charge in [-0.05, 0) is 31.4 Å². The Bertz CT molecular complexity index is 503. The van der Waals surface area contributed by atoms with Crippen LogP contribution in [0.25, 0.3) is 0 Å². The van der Waals surface area contributed by atoms with E-state index in [1.54, 1.807) is 24.3 Å². The minimum Gasteiger partial charge on any atom is -0.303 e. The molecule has 2 aliphatic rings. The Hall–Kier alpha value is -1.97. The molecule has 1 fully saturated rings. The Morgan fingerprint density at radius 2 is 1.67 bits per heavy atom. The summed E-state index contributed by atoms with van der Waals surface area (Å²) in [6.45, 7) is 0. The Kier molecular flexibility index (Phi) is 2.51. The second kappa shape index (κ2) is 4.05. The lowest BCUT2D eigenvalue weighted by Gasteiger charge is -2.21. The molecule has 2 atom stereocenters. The van der Waals surface area contributed by atoms with Crippen molar-refractivity contribution in [2.45, 2.75) is 25.3 Å². The summed E-state index contributed by atoms with van der Waals surface area (Å²) in [5, 5.41) is 0. The van der Waals surface area contributed by atoms with E-state index in [9.17, 15) is 14.4 Å². The van der Waals surface area contributed by atoms with Crippen LogP contribution in [0.4, 0.5) is 0 Å². The van der Waals surface area contributed by atoms with Crippen LogP contribution in [-0.4, -0.2) is 29.0 Å². The fourth-order valence-corrected chi connectivity index (χ4v) is 2.89. The summed E-state index contributed by atoms with van der Waals surface area (Å²) in [6.07, 6.45) is 3.03. The molecule has 3 rings (SSSR count). The van der Waals surface area contributed by atoms with E-state index in [4.69, 9.17) is 0 Å². The van der Waals surface area contributed by atoms with Crippen molar-refractivity contribution < 1.29 is 14.4 Å². The zero-order valence-electron chi connectivity index (χ0n) is 9.83. The first kappa shape index (κ1) is 11.1. The van der Waals surface area contributed by atoms with Gasteiger partial charge in [0.2, 0.25) is 0 Å². The van der Waals surface area contributed by atoms with Crippen molar-refractivity contribution in [2.75, 3.05) is 0 Å². The first-order valence-electron chi connectivity index (χ1n) is 6.14.